The monoisotopic (exact) mass is 355 g/mol. The van der Waals surface area contributed by atoms with E-state index in [1.165, 1.54) is 24.0 Å². The van der Waals surface area contributed by atoms with E-state index in [1.54, 1.807) is 0 Å². The van der Waals surface area contributed by atoms with Gasteiger partial charge in [-0.3, -0.25) is 4.98 Å². The van der Waals surface area contributed by atoms with Gasteiger partial charge in [0.15, 0.2) is 0 Å². The van der Waals surface area contributed by atoms with Crippen molar-refractivity contribution in [1.82, 2.24) is 4.98 Å². The van der Waals surface area contributed by atoms with Crippen LogP contribution in [0.2, 0.25) is 0 Å². The average molecular weight is 356 g/mol. The molecule has 1 heterocycles. The Balaban J connectivity index is 1.62. The molecule has 0 aromatic carbocycles. The van der Waals surface area contributed by atoms with Gasteiger partial charge in [0.05, 0.1) is 6.10 Å². The van der Waals surface area contributed by atoms with Gasteiger partial charge in [-0.1, -0.05) is 26.0 Å². The Bertz CT molecular complexity index is 672. The third kappa shape index (κ3) is 2.66. The van der Waals surface area contributed by atoms with Crippen LogP contribution in [0.4, 0.5) is 0 Å². The van der Waals surface area contributed by atoms with E-state index < -0.39 is 0 Å². The zero-order chi connectivity index (χ0) is 18.4. The Morgan fingerprint density at radius 3 is 2.77 bits per heavy atom. The SMILES string of the molecule is CC12CCC3C(CCC(O)C3(C)CCCO)C1CC=C2c1cccnc1. The van der Waals surface area contributed by atoms with Gasteiger partial charge in [-0.2, -0.15) is 0 Å². The lowest BCUT2D eigenvalue weighted by atomic mass is 9.48. The molecule has 26 heavy (non-hydrogen) atoms. The minimum absolute atomic E-state index is 0.0377. The van der Waals surface area contributed by atoms with E-state index >= 15 is 0 Å². The van der Waals surface area contributed by atoms with Gasteiger partial charge in [-0.15, -0.1) is 0 Å². The number of hydrogen-bond acceptors (Lipinski definition) is 3. The molecule has 3 aliphatic carbocycles. The molecule has 0 spiro atoms. The highest BCUT2D eigenvalue weighted by molar-refractivity contribution is 5.72. The van der Waals surface area contributed by atoms with Gasteiger partial charge in [0.1, 0.15) is 0 Å². The number of pyridine rings is 1. The first-order valence-corrected chi connectivity index (χ1v) is 10.4. The van der Waals surface area contributed by atoms with Crippen LogP contribution in [0.15, 0.2) is 30.6 Å². The van der Waals surface area contributed by atoms with Crippen LogP contribution in [0.1, 0.15) is 64.4 Å². The van der Waals surface area contributed by atoms with E-state index in [9.17, 15) is 10.2 Å². The van der Waals surface area contributed by atoms with Crippen molar-refractivity contribution < 1.29 is 10.2 Å². The summed E-state index contributed by atoms with van der Waals surface area (Å²) in [6.07, 6.45) is 13.5. The molecule has 0 aliphatic heterocycles. The Hall–Kier alpha value is -1.19. The number of fused-ring (bicyclic) bond motifs is 3. The predicted molar refractivity (Wildman–Crippen MR) is 104 cm³/mol. The van der Waals surface area contributed by atoms with Gasteiger partial charge in [0, 0.05) is 19.0 Å². The minimum atomic E-state index is -0.216. The van der Waals surface area contributed by atoms with Crippen molar-refractivity contribution >= 4 is 5.57 Å². The third-order valence-corrected chi connectivity index (χ3v) is 8.25. The zero-order valence-electron chi connectivity index (χ0n) is 16.2. The summed E-state index contributed by atoms with van der Waals surface area (Å²) in [4.78, 5) is 4.35. The van der Waals surface area contributed by atoms with E-state index in [4.69, 9.17) is 0 Å². The molecule has 2 N–H and O–H groups in total. The van der Waals surface area contributed by atoms with Crippen molar-refractivity contribution in [1.29, 1.82) is 0 Å². The number of rotatable bonds is 4. The molecule has 3 aliphatic rings. The second-order valence-electron chi connectivity index (χ2n) is 9.35. The number of aliphatic hydroxyl groups excluding tert-OH is 2. The van der Waals surface area contributed by atoms with Gasteiger partial charge in [-0.05, 0) is 90.7 Å². The maximum Gasteiger partial charge on any atom is 0.0596 e. The van der Waals surface area contributed by atoms with Crippen LogP contribution < -0.4 is 0 Å². The van der Waals surface area contributed by atoms with Crippen LogP contribution in [0, 0.1) is 28.6 Å². The summed E-state index contributed by atoms with van der Waals surface area (Å²) in [5, 5.41) is 20.2. The fraction of sp³-hybridized carbons (Fsp3) is 0.696. The Morgan fingerprint density at radius 1 is 1.19 bits per heavy atom. The lowest BCUT2D eigenvalue weighted by Gasteiger charge is -2.58. The third-order valence-electron chi connectivity index (χ3n) is 8.25. The first-order valence-electron chi connectivity index (χ1n) is 10.4. The highest BCUT2D eigenvalue weighted by atomic mass is 16.3. The van der Waals surface area contributed by atoms with Crippen molar-refractivity contribution in [3.8, 4) is 0 Å². The van der Waals surface area contributed by atoms with Gasteiger partial charge in [0.25, 0.3) is 0 Å². The van der Waals surface area contributed by atoms with Crippen LogP contribution >= 0.6 is 0 Å². The minimum Gasteiger partial charge on any atom is -0.396 e. The molecule has 142 valence electrons. The summed E-state index contributed by atoms with van der Waals surface area (Å²) in [5.41, 5.74) is 2.99. The van der Waals surface area contributed by atoms with Crippen molar-refractivity contribution in [3.63, 3.8) is 0 Å². The molecule has 0 amide bonds. The smallest absolute Gasteiger partial charge is 0.0596 e. The summed E-state index contributed by atoms with van der Waals surface area (Å²) in [7, 11) is 0. The molecule has 0 radical (unpaired) electrons. The van der Waals surface area contributed by atoms with Gasteiger partial charge in [-0.25, -0.2) is 0 Å². The summed E-state index contributed by atoms with van der Waals surface area (Å²) in [6, 6.07) is 4.25. The van der Waals surface area contributed by atoms with Crippen LogP contribution in [0.5, 0.6) is 0 Å². The second-order valence-corrected chi connectivity index (χ2v) is 9.35. The Morgan fingerprint density at radius 2 is 2.04 bits per heavy atom. The summed E-state index contributed by atoms with van der Waals surface area (Å²) < 4.78 is 0. The van der Waals surface area contributed by atoms with Gasteiger partial charge < -0.3 is 10.2 Å². The van der Waals surface area contributed by atoms with Crippen molar-refractivity contribution in [3.05, 3.63) is 36.2 Å². The first kappa shape index (κ1) is 18.2. The molecule has 3 nitrogen and oxygen atoms in total. The maximum atomic E-state index is 10.8. The van der Waals surface area contributed by atoms with Crippen LogP contribution in [-0.4, -0.2) is 27.9 Å². The predicted octanol–water partition coefficient (Wildman–Crippen LogP) is 4.45. The molecular weight excluding hydrogens is 322 g/mol. The van der Waals surface area contributed by atoms with E-state index in [2.05, 4.69) is 31.0 Å². The quantitative estimate of drug-likeness (QED) is 0.839. The number of hydrogen-bond donors (Lipinski definition) is 2. The molecule has 1 aromatic rings. The number of aliphatic hydroxyl groups is 2. The summed E-state index contributed by atoms with van der Waals surface area (Å²) >= 11 is 0. The zero-order valence-corrected chi connectivity index (χ0v) is 16.2. The Kier molecular flexibility index (Phi) is 4.73. The lowest BCUT2D eigenvalue weighted by Crippen LogP contribution is -2.53. The van der Waals surface area contributed by atoms with Crippen molar-refractivity contribution in [2.45, 2.75) is 64.9 Å². The normalized spacial score (nSPS) is 42.1. The second kappa shape index (κ2) is 6.76. The summed E-state index contributed by atoms with van der Waals surface area (Å²) in [5.74, 6) is 1.95. The molecule has 0 bridgehead atoms. The lowest BCUT2D eigenvalue weighted by molar-refractivity contribution is -0.120. The maximum absolute atomic E-state index is 10.8. The molecular formula is C23H33NO2. The largest absolute Gasteiger partial charge is 0.396 e. The number of allylic oxidation sites excluding steroid dienone is 2. The highest BCUT2D eigenvalue weighted by Gasteiger charge is 2.57. The van der Waals surface area contributed by atoms with Crippen LogP contribution in [0.25, 0.3) is 5.57 Å². The van der Waals surface area contributed by atoms with Crippen molar-refractivity contribution in [2.75, 3.05) is 6.61 Å². The molecule has 4 rings (SSSR count). The van der Waals surface area contributed by atoms with E-state index in [1.807, 2.05) is 18.5 Å². The summed E-state index contributed by atoms with van der Waals surface area (Å²) in [6.45, 7) is 4.99. The Labute approximate surface area is 157 Å². The van der Waals surface area contributed by atoms with Gasteiger partial charge >= 0.3 is 0 Å². The topological polar surface area (TPSA) is 53.4 Å². The molecule has 6 unspecified atom stereocenters. The molecule has 2 fully saturated rings. The van der Waals surface area contributed by atoms with Crippen LogP contribution in [-0.2, 0) is 0 Å². The first-order chi connectivity index (χ1) is 12.5. The number of nitrogens with zero attached hydrogens (tertiary/aromatic N) is 1. The van der Waals surface area contributed by atoms with Crippen molar-refractivity contribution in [2.24, 2.45) is 28.6 Å². The van der Waals surface area contributed by atoms with Gasteiger partial charge in [0.2, 0.25) is 0 Å². The average Bonchev–Trinajstić information content (AvgIpc) is 3.01. The van der Waals surface area contributed by atoms with E-state index in [0.29, 0.717) is 17.8 Å². The molecule has 3 heteroatoms. The fourth-order valence-electron chi connectivity index (χ4n) is 6.78. The molecule has 2 saturated carbocycles. The van der Waals surface area contributed by atoms with E-state index in [0.717, 1.165) is 32.1 Å². The molecule has 6 atom stereocenters. The van der Waals surface area contributed by atoms with Crippen LogP contribution in [0.3, 0.4) is 0 Å². The van der Waals surface area contributed by atoms with E-state index in [-0.39, 0.29) is 23.5 Å². The number of aromatic nitrogens is 1. The molecule has 0 saturated heterocycles. The standard InChI is InChI=1S/C23H33NO2/c1-22-12-10-20-17(6-9-21(26)23(20,2)11-4-14-25)19(22)8-7-18(22)16-5-3-13-24-15-16/h3,5,7,13,15,17,19-21,25-26H,4,6,8-12,14H2,1-2H3. The highest BCUT2D eigenvalue weighted by Crippen LogP contribution is 2.65. The fourth-order valence-corrected chi connectivity index (χ4v) is 6.78. The molecule has 1 aromatic heterocycles.